The van der Waals surface area contributed by atoms with Crippen molar-refractivity contribution in [1.82, 2.24) is 10.3 Å². The molecule has 26 heavy (non-hydrogen) atoms. The summed E-state index contributed by atoms with van der Waals surface area (Å²) in [4.78, 5) is 30.9. The van der Waals surface area contributed by atoms with E-state index in [9.17, 15) is 9.59 Å². The van der Waals surface area contributed by atoms with Gasteiger partial charge in [0.15, 0.2) is 5.13 Å². The fraction of sp³-hybridized carbons (Fsp3) is 0.235. The lowest BCUT2D eigenvalue weighted by molar-refractivity contribution is -0.118. The van der Waals surface area contributed by atoms with Crippen LogP contribution in [0.15, 0.2) is 35.0 Å². The molecule has 136 valence electrons. The van der Waals surface area contributed by atoms with Crippen LogP contribution < -0.4 is 10.6 Å². The SMILES string of the molecule is CC(C)C(NC(=O)c1cccs1)C(=O)Nc1nc(-c2ccc(Cl)s2)cs1. The van der Waals surface area contributed by atoms with Gasteiger partial charge >= 0.3 is 0 Å². The van der Waals surface area contributed by atoms with Crippen LogP contribution in [0.5, 0.6) is 0 Å². The Kier molecular flexibility index (Phi) is 6.08. The molecule has 5 nitrogen and oxygen atoms in total. The first-order valence-corrected chi connectivity index (χ1v) is 10.8. The van der Waals surface area contributed by atoms with Gasteiger partial charge in [0.05, 0.1) is 19.8 Å². The molecule has 1 atom stereocenters. The van der Waals surface area contributed by atoms with Gasteiger partial charge in [-0.05, 0) is 29.5 Å². The first-order chi connectivity index (χ1) is 12.4. The van der Waals surface area contributed by atoms with Crippen molar-refractivity contribution in [3.05, 3.63) is 44.2 Å². The number of thiophene rings is 2. The number of hydrogen-bond donors (Lipinski definition) is 2. The van der Waals surface area contributed by atoms with E-state index in [0.717, 1.165) is 10.6 Å². The number of nitrogens with one attached hydrogen (secondary N) is 2. The molecule has 3 rings (SSSR count). The fourth-order valence-corrected chi connectivity index (χ4v) is 4.65. The normalized spacial score (nSPS) is 12.2. The number of carbonyl (C=O) groups is 2. The minimum absolute atomic E-state index is 0.0607. The van der Waals surface area contributed by atoms with Crippen LogP contribution >= 0.6 is 45.6 Å². The third-order valence-corrected chi connectivity index (χ3v) is 6.42. The third kappa shape index (κ3) is 4.50. The maximum atomic E-state index is 12.6. The van der Waals surface area contributed by atoms with Crippen molar-refractivity contribution in [3.8, 4) is 10.6 Å². The average molecular weight is 426 g/mol. The van der Waals surface area contributed by atoms with E-state index in [1.807, 2.05) is 36.7 Å². The van der Waals surface area contributed by atoms with E-state index >= 15 is 0 Å². The third-order valence-electron chi connectivity index (χ3n) is 3.54. The van der Waals surface area contributed by atoms with E-state index in [1.165, 1.54) is 34.0 Å². The molecule has 0 spiro atoms. The van der Waals surface area contributed by atoms with Crippen molar-refractivity contribution in [2.75, 3.05) is 5.32 Å². The summed E-state index contributed by atoms with van der Waals surface area (Å²) < 4.78 is 0.690. The summed E-state index contributed by atoms with van der Waals surface area (Å²) in [6.07, 6.45) is 0. The van der Waals surface area contributed by atoms with Crippen molar-refractivity contribution in [2.24, 2.45) is 5.92 Å². The van der Waals surface area contributed by atoms with Crippen molar-refractivity contribution >= 4 is 62.6 Å². The molecular formula is C17H16ClN3O2S3. The second kappa shape index (κ2) is 8.30. The van der Waals surface area contributed by atoms with Crippen molar-refractivity contribution in [3.63, 3.8) is 0 Å². The Hall–Kier alpha value is -1.74. The Morgan fingerprint density at radius 1 is 1.19 bits per heavy atom. The highest BCUT2D eigenvalue weighted by atomic mass is 35.5. The van der Waals surface area contributed by atoms with Crippen LogP contribution in [-0.4, -0.2) is 22.8 Å². The zero-order chi connectivity index (χ0) is 18.7. The number of halogens is 1. The van der Waals surface area contributed by atoms with Gasteiger partial charge in [-0.1, -0.05) is 31.5 Å². The molecule has 0 aromatic carbocycles. The number of thiazole rings is 1. The number of anilines is 1. The molecule has 0 saturated carbocycles. The first-order valence-electron chi connectivity index (χ1n) is 7.80. The van der Waals surface area contributed by atoms with Crippen LogP contribution in [0.1, 0.15) is 23.5 Å². The summed E-state index contributed by atoms with van der Waals surface area (Å²) in [6, 6.07) is 6.60. The minimum atomic E-state index is -0.645. The Labute approximate surface area is 168 Å². The predicted octanol–water partition coefficient (Wildman–Crippen LogP) is 4.98. The molecular weight excluding hydrogens is 410 g/mol. The highest BCUT2D eigenvalue weighted by Crippen LogP contribution is 2.32. The van der Waals surface area contributed by atoms with Gasteiger partial charge in [-0.25, -0.2) is 4.98 Å². The lowest BCUT2D eigenvalue weighted by Crippen LogP contribution is -2.46. The topological polar surface area (TPSA) is 71.1 Å². The Bertz CT molecular complexity index is 902. The second-order valence-corrected chi connectivity index (χ2v) is 9.32. The lowest BCUT2D eigenvalue weighted by atomic mass is 10.0. The van der Waals surface area contributed by atoms with Gasteiger partial charge in [-0.3, -0.25) is 9.59 Å². The fourth-order valence-electron chi connectivity index (χ4n) is 2.23. The van der Waals surface area contributed by atoms with Crippen LogP contribution in [0.3, 0.4) is 0 Å². The number of rotatable bonds is 6. The van der Waals surface area contributed by atoms with E-state index < -0.39 is 6.04 Å². The predicted molar refractivity (Wildman–Crippen MR) is 109 cm³/mol. The van der Waals surface area contributed by atoms with Crippen LogP contribution in [0.4, 0.5) is 5.13 Å². The van der Waals surface area contributed by atoms with Gasteiger partial charge < -0.3 is 10.6 Å². The number of carbonyl (C=O) groups excluding carboxylic acids is 2. The Morgan fingerprint density at radius 3 is 2.62 bits per heavy atom. The number of hydrogen-bond acceptors (Lipinski definition) is 6. The van der Waals surface area contributed by atoms with Gasteiger partial charge in [0.25, 0.3) is 5.91 Å². The van der Waals surface area contributed by atoms with Crippen LogP contribution in [0.25, 0.3) is 10.6 Å². The quantitative estimate of drug-likeness (QED) is 0.585. The van der Waals surface area contributed by atoms with Gasteiger partial charge in [-0.15, -0.1) is 34.0 Å². The molecule has 0 bridgehead atoms. The summed E-state index contributed by atoms with van der Waals surface area (Å²) >= 11 is 10.1. The molecule has 0 aliphatic heterocycles. The molecule has 3 aromatic heterocycles. The first kappa shape index (κ1) is 19.0. The number of amides is 2. The molecule has 0 aliphatic rings. The van der Waals surface area contributed by atoms with Crippen LogP contribution in [0, 0.1) is 5.92 Å². The molecule has 0 fully saturated rings. The molecule has 1 unspecified atom stereocenters. The zero-order valence-electron chi connectivity index (χ0n) is 14.0. The maximum Gasteiger partial charge on any atom is 0.262 e. The Balaban J connectivity index is 1.68. The maximum absolute atomic E-state index is 12.6. The van der Waals surface area contributed by atoms with E-state index in [1.54, 1.807) is 12.1 Å². The smallest absolute Gasteiger partial charge is 0.262 e. The summed E-state index contributed by atoms with van der Waals surface area (Å²) in [7, 11) is 0. The van der Waals surface area contributed by atoms with Crippen LogP contribution in [0.2, 0.25) is 4.34 Å². The van der Waals surface area contributed by atoms with E-state index in [-0.39, 0.29) is 17.7 Å². The number of aromatic nitrogens is 1. The average Bonchev–Trinajstić information content (AvgIpc) is 3.32. The van der Waals surface area contributed by atoms with Crippen molar-refractivity contribution < 1.29 is 9.59 Å². The van der Waals surface area contributed by atoms with E-state index in [0.29, 0.717) is 14.3 Å². The summed E-state index contributed by atoms with van der Waals surface area (Å²) in [6.45, 7) is 3.78. The molecule has 2 N–H and O–H groups in total. The monoisotopic (exact) mass is 425 g/mol. The largest absolute Gasteiger partial charge is 0.339 e. The van der Waals surface area contributed by atoms with Crippen LogP contribution in [-0.2, 0) is 4.79 Å². The highest BCUT2D eigenvalue weighted by Gasteiger charge is 2.26. The second-order valence-electron chi connectivity index (χ2n) is 5.80. The molecule has 0 aliphatic carbocycles. The molecule has 3 aromatic rings. The van der Waals surface area contributed by atoms with Gasteiger partial charge in [-0.2, -0.15) is 0 Å². The number of nitrogens with zero attached hydrogens (tertiary/aromatic N) is 1. The Morgan fingerprint density at radius 2 is 2.00 bits per heavy atom. The molecule has 0 saturated heterocycles. The molecule has 2 amide bonds. The van der Waals surface area contributed by atoms with Crippen molar-refractivity contribution in [1.29, 1.82) is 0 Å². The van der Waals surface area contributed by atoms with Gasteiger partial charge in [0.2, 0.25) is 5.91 Å². The minimum Gasteiger partial charge on any atom is -0.339 e. The summed E-state index contributed by atoms with van der Waals surface area (Å²) in [5.74, 6) is -0.591. The molecule has 0 radical (unpaired) electrons. The lowest BCUT2D eigenvalue weighted by Gasteiger charge is -2.20. The van der Waals surface area contributed by atoms with Crippen molar-refractivity contribution in [2.45, 2.75) is 19.9 Å². The van der Waals surface area contributed by atoms with E-state index in [2.05, 4.69) is 15.6 Å². The van der Waals surface area contributed by atoms with Gasteiger partial charge in [0, 0.05) is 5.38 Å². The highest BCUT2D eigenvalue weighted by molar-refractivity contribution is 7.20. The summed E-state index contributed by atoms with van der Waals surface area (Å²) in [5, 5.41) is 9.79. The molecule has 9 heteroatoms. The van der Waals surface area contributed by atoms with E-state index in [4.69, 9.17) is 11.6 Å². The zero-order valence-corrected chi connectivity index (χ0v) is 17.2. The standard InChI is InChI=1S/C17H16ClN3O2S3/c1-9(2)14(20-15(22)12-4-3-7-24-12)16(23)21-17-19-10(8-25-17)11-5-6-13(18)26-11/h3-9,14H,1-2H3,(H,20,22)(H,19,21,23). The molecule has 3 heterocycles. The summed E-state index contributed by atoms with van der Waals surface area (Å²) in [5.41, 5.74) is 0.769. The van der Waals surface area contributed by atoms with Gasteiger partial charge in [0.1, 0.15) is 6.04 Å².